The highest BCUT2D eigenvalue weighted by atomic mass is 32.1. The van der Waals surface area contributed by atoms with Gasteiger partial charge < -0.3 is 5.32 Å². The Morgan fingerprint density at radius 1 is 1.23 bits per heavy atom. The van der Waals surface area contributed by atoms with Crippen molar-refractivity contribution in [3.8, 4) is 0 Å². The maximum atomic E-state index is 12.5. The molecule has 4 aromatic rings. The van der Waals surface area contributed by atoms with Crippen LogP contribution in [0.5, 0.6) is 0 Å². The number of amides is 1. The van der Waals surface area contributed by atoms with Crippen molar-refractivity contribution in [3.05, 3.63) is 57.9 Å². The van der Waals surface area contributed by atoms with Crippen molar-refractivity contribution < 1.29 is 18.0 Å². The third kappa shape index (κ3) is 3.19. The van der Waals surface area contributed by atoms with Gasteiger partial charge >= 0.3 is 6.18 Å². The molecule has 0 saturated carbocycles. The SMILES string of the molecule is O=C(NCCc1ccc(C(F)(F)F)cc1)c1cc2c(nc3sccn32)s1. The summed E-state index contributed by atoms with van der Waals surface area (Å²) in [4.78, 5) is 19.0. The molecule has 3 heterocycles. The summed E-state index contributed by atoms with van der Waals surface area (Å²) < 4.78 is 39.6. The maximum Gasteiger partial charge on any atom is 0.416 e. The predicted molar refractivity (Wildman–Crippen MR) is 95.9 cm³/mol. The van der Waals surface area contributed by atoms with E-state index in [2.05, 4.69) is 10.3 Å². The largest absolute Gasteiger partial charge is 0.416 e. The first-order valence-corrected chi connectivity index (χ1v) is 9.41. The van der Waals surface area contributed by atoms with E-state index < -0.39 is 11.7 Å². The smallest absolute Gasteiger partial charge is 0.351 e. The number of nitrogens with zero attached hydrogens (tertiary/aromatic N) is 2. The Bertz CT molecular complexity index is 1080. The summed E-state index contributed by atoms with van der Waals surface area (Å²) in [5.74, 6) is -0.205. The molecule has 3 aromatic heterocycles. The number of hydrogen-bond donors (Lipinski definition) is 1. The van der Waals surface area contributed by atoms with Gasteiger partial charge in [-0.05, 0) is 30.2 Å². The number of thiophene rings is 1. The van der Waals surface area contributed by atoms with Crippen molar-refractivity contribution in [1.29, 1.82) is 0 Å². The molecule has 4 nitrogen and oxygen atoms in total. The number of benzene rings is 1. The van der Waals surface area contributed by atoms with E-state index in [0.29, 0.717) is 17.8 Å². The molecule has 0 fully saturated rings. The maximum absolute atomic E-state index is 12.5. The van der Waals surface area contributed by atoms with E-state index in [1.54, 1.807) is 6.07 Å². The molecule has 0 radical (unpaired) electrons. The molecule has 0 bridgehead atoms. The van der Waals surface area contributed by atoms with Gasteiger partial charge in [-0.25, -0.2) is 4.98 Å². The highest BCUT2D eigenvalue weighted by molar-refractivity contribution is 7.21. The van der Waals surface area contributed by atoms with Gasteiger partial charge in [-0.2, -0.15) is 13.2 Å². The lowest BCUT2D eigenvalue weighted by Gasteiger charge is -2.08. The Hall–Kier alpha value is -2.39. The van der Waals surface area contributed by atoms with Gasteiger partial charge in [0.15, 0.2) is 4.96 Å². The molecule has 1 N–H and O–H groups in total. The van der Waals surface area contributed by atoms with Crippen LogP contribution in [0.2, 0.25) is 0 Å². The topological polar surface area (TPSA) is 46.4 Å². The van der Waals surface area contributed by atoms with E-state index in [4.69, 9.17) is 0 Å². The summed E-state index contributed by atoms with van der Waals surface area (Å²) in [6.07, 6.45) is -1.96. The minimum Gasteiger partial charge on any atom is -0.351 e. The fraction of sp³-hybridized carbons (Fsp3) is 0.176. The standard InChI is InChI=1S/C17H12F3N3OS2/c18-17(19,20)11-3-1-10(2-4-11)5-6-21-14(24)13-9-12-15(26-13)22-16-23(12)7-8-25-16/h1-4,7-9H,5-6H2,(H,21,24). The van der Waals surface area contributed by atoms with Crippen LogP contribution in [-0.2, 0) is 12.6 Å². The molecule has 134 valence electrons. The Labute approximate surface area is 153 Å². The summed E-state index contributed by atoms with van der Waals surface area (Å²) in [6, 6.07) is 6.78. The van der Waals surface area contributed by atoms with Gasteiger partial charge in [-0.3, -0.25) is 9.20 Å². The zero-order valence-electron chi connectivity index (χ0n) is 13.2. The highest BCUT2D eigenvalue weighted by Crippen LogP contribution is 2.29. The molecule has 4 rings (SSSR count). The van der Waals surface area contributed by atoms with E-state index in [-0.39, 0.29) is 5.91 Å². The number of nitrogens with one attached hydrogen (secondary N) is 1. The molecule has 26 heavy (non-hydrogen) atoms. The number of alkyl halides is 3. The first-order chi connectivity index (χ1) is 12.4. The minimum absolute atomic E-state index is 0.205. The van der Waals surface area contributed by atoms with Gasteiger partial charge in [0.05, 0.1) is 16.0 Å². The number of thiazole rings is 1. The fourth-order valence-electron chi connectivity index (χ4n) is 2.63. The molecule has 0 spiro atoms. The van der Waals surface area contributed by atoms with Gasteiger partial charge in [0.25, 0.3) is 5.91 Å². The Morgan fingerprint density at radius 3 is 2.73 bits per heavy atom. The van der Waals surface area contributed by atoms with Crippen LogP contribution in [-0.4, -0.2) is 21.8 Å². The molecule has 0 saturated heterocycles. The number of halogens is 3. The molecule has 0 atom stereocenters. The quantitative estimate of drug-likeness (QED) is 0.549. The number of hydrogen-bond acceptors (Lipinski definition) is 4. The first kappa shape index (κ1) is 17.0. The van der Waals surface area contributed by atoms with Crippen LogP contribution in [0.3, 0.4) is 0 Å². The number of carbonyl (C=O) groups excluding carboxylic acids is 1. The van der Waals surface area contributed by atoms with Crippen molar-refractivity contribution in [2.75, 3.05) is 6.54 Å². The van der Waals surface area contributed by atoms with Gasteiger partial charge in [0.2, 0.25) is 0 Å². The minimum atomic E-state index is -4.34. The Morgan fingerprint density at radius 2 is 2.00 bits per heavy atom. The zero-order valence-corrected chi connectivity index (χ0v) is 14.8. The van der Waals surface area contributed by atoms with Gasteiger partial charge in [-0.15, -0.1) is 22.7 Å². The monoisotopic (exact) mass is 395 g/mol. The van der Waals surface area contributed by atoms with Gasteiger partial charge in [-0.1, -0.05) is 12.1 Å². The third-order valence-electron chi connectivity index (χ3n) is 3.94. The number of aromatic nitrogens is 2. The molecule has 0 aliphatic carbocycles. The molecule has 0 aliphatic rings. The first-order valence-electron chi connectivity index (χ1n) is 7.71. The zero-order chi connectivity index (χ0) is 18.3. The van der Waals surface area contributed by atoms with Crippen molar-refractivity contribution in [1.82, 2.24) is 14.7 Å². The van der Waals surface area contributed by atoms with E-state index in [1.807, 2.05) is 16.0 Å². The molecule has 0 aliphatic heterocycles. The van der Waals surface area contributed by atoms with Crippen LogP contribution in [0.4, 0.5) is 13.2 Å². The Kier molecular flexibility index (Phi) is 4.20. The summed E-state index contributed by atoms with van der Waals surface area (Å²) in [6.45, 7) is 0.348. The second-order valence-electron chi connectivity index (χ2n) is 5.67. The van der Waals surface area contributed by atoms with E-state index in [1.165, 1.54) is 34.8 Å². The van der Waals surface area contributed by atoms with E-state index >= 15 is 0 Å². The van der Waals surface area contributed by atoms with Gasteiger partial charge in [0.1, 0.15) is 4.83 Å². The third-order valence-corrected chi connectivity index (χ3v) is 5.72. The highest BCUT2D eigenvalue weighted by Gasteiger charge is 2.29. The summed E-state index contributed by atoms with van der Waals surface area (Å²) in [5, 5.41) is 4.73. The fourth-order valence-corrected chi connectivity index (χ4v) is 4.34. The number of rotatable bonds is 4. The second kappa shape index (κ2) is 6.40. The lowest BCUT2D eigenvalue weighted by molar-refractivity contribution is -0.137. The molecule has 1 amide bonds. The second-order valence-corrected chi connectivity index (χ2v) is 7.57. The van der Waals surface area contributed by atoms with Crippen molar-refractivity contribution in [3.63, 3.8) is 0 Å². The number of carbonyl (C=O) groups is 1. The lowest BCUT2D eigenvalue weighted by Crippen LogP contribution is -2.24. The van der Waals surface area contributed by atoms with Crippen LogP contribution in [0.1, 0.15) is 20.8 Å². The molecule has 9 heteroatoms. The van der Waals surface area contributed by atoms with Crippen molar-refractivity contribution >= 4 is 43.9 Å². The average molecular weight is 395 g/mol. The Balaban J connectivity index is 1.38. The summed E-state index contributed by atoms with van der Waals surface area (Å²) in [7, 11) is 0. The van der Waals surface area contributed by atoms with Crippen LogP contribution in [0.15, 0.2) is 41.9 Å². The van der Waals surface area contributed by atoms with Crippen LogP contribution in [0, 0.1) is 0 Å². The number of fused-ring (bicyclic) bond motifs is 3. The molecule has 0 unspecified atom stereocenters. The van der Waals surface area contributed by atoms with Crippen LogP contribution in [0.25, 0.3) is 15.3 Å². The average Bonchev–Trinajstić information content (AvgIpc) is 3.26. The summed E-state index contributed by atoms with van der Waals surface area (Å²) in [5.41, 5.74) is 0.965. The van der Waals surface area contributed by atoms with Crippen molar-refractivity contribution in [2.45, 2.75) is 12.6 Å². The molecular weight excluding hydrogens is 383 g/mol. The molecule has 1 aromatic carbocycles. The lowest BCUT2D eigenvalue weighted by atomic mass is 10.1. The van der Waals surface area contributed by atoms with Crippen LogP contribution >= 0.6 is 22.7 Å². The predicted octanol–water partition coefficient (Wildman–Crippen LogP) is 4.60. The normalized spacial score (nSPS) is 12.1. The van der Waals surface area contributed by atoms with Crippen LogP contribution < -0.4 is 5.32 Å². The molecular formula is C17H12F3N3OS2. The van der Waals surface area contributed by atoms with E-state index in [9.17, 15) is 18.0 Å². The van der Waals surface area contributed by atoms with Gasteiger partial charge in [0, 0.05) is 18.1 Å². The summed E-state index contributed by atoms with van der Waals surface area (Å²) >= 11 is 2.86. The van der Waals surface area contributed by atoms with Crippen molar-refractivity contribution in [2.24, 2.45) is 0 Å². The number of imidazole rings is 1. The van der Waals surface area contributed by atoms with E-state index in [0.717, 1.165) is 33.0 Å².